The van der Waals surface area contributed by atoms with Crippen molar-refractivity contribution in [3.8, 4) is 0 Å². The van der Waals surface area contributed by atoms with Crippen molar-refractivity contribution in [1.82, 2.24) is 4.57 Å². The maximum Gasteiger partial charge on any atom is 0.341 e. The summed E-state index contributed by atoms with van der Waals surface area (Å²) in [7, 11) is 0. The number of nitrogen functional groups attached to an aromatic ring is 1. The number of aliphatic hydroxyl groups is 1. The number of aromatic carboxylic acids is 1. The molecular weight excluding hydrogens is 346 g/mol. The number of carboxylic acids is 1. The number of benzene rings is 1. The van der Waals surface area contributed by atoms with Crippen LogP contribution in [-0.2, 0) is 0 Å². The van der Waals surface area contributed by atoms with Crippen LogP contribution < -0.4 is 16.1 Å². The van der Waals surface area contributed by atoms with Gasteiger partial charge in [0.25, 0.3) is 0 Å². The molecule has 7 heteroatoms. The molecular formula is C20H25N3O4. The fourth-order valence-electron chi connectivity index (χ4n) is 4.37. The number of hydrogen-bond acceptors (Lipinski definition) is 5. The quantitative estimate of drug-likeness (QED) is 0.711. The van der Waals surface area contributed by atoms with E-state index < -0.39 is 11.4 Å². The zero-order valence-electron chi connectivity index (χ0n) is 15.4. The number of fused-ring (bicyclic) bond motifs is 1. The molecule has 2 heterocycles. The number of rotatable bonds is 4. The maximum atomic E-state index is 12.8. The zero-order valence-corrected chi connectivity index (χ0v) is 15.4. The zero-order chi connectivity index (χ0) is 19.3. The van der Waals surface area contributed by atoms with Crippen LogP contribution >= 0.6 is 0 Å². The lowest BCUT2D eigenvalue weighted by molar-refractivity contribution is 0.0695. The molecule has 1 aliphatic carbocycles. The largest absolute Gasteiger partial charge is 0.477 e. The highest BCUT2D eigenvalue weighted by atomic mass is 16.4. The molecule has 2 aromatic rings. The standard InChI is InChI=1S/C20H25N3O4/c1-11-17-14(19(25)15(20(26)27)9-23(17)13-4-5-13)7-16(21)18(11)22-6-2-3-12(8-22)10-24/h7,9,12-13,24H,2-6,8,10,21H2,1H3,(H,26,27). The third-order valence-corrected chi connectivity index (χ3v) is 5.82. The van der Waals surface area contributed by atoms with Gasteiger partial charge in [-0.2, -0.15) is 0 Å². The van der Waals surface area contributed by atoms with Gasteiger partial charge in [0.2, 0.25) is 5.43 Å². The highest BCUT2D eigenvalue weighted by molar-refractivity contribution is 5.98. The van der Waals surface area contributed by atoms with E-state index in [1.165, 1.54) is 6.20 Å². The average molecular weight is 371 g/mol. The van der Waals surface area contributed by atoms with Crippen molar-refractivity contribution in [2.75, 3.05) is 30.3 Å². The third kappa shape index (κ3) is 2.96. The number of pyridine rings is 1. The van der Waals surface area contributed by atoms with Gasteiger partial charge in [0.05, 0.1) is 16.9 Å². The molecule has 0 amide bonds. The monoisotopic (exact) mass is 371 g/mol. The summed E-state index contributed by atoms with van der Waals surface area (Å²) in [6, 6.07) is 1.86. The van der Waals surface area contributed by atoms with Crippen molar-refractivity contribution in [3.05, 3.63) is 33.6 Å². The number of carbonyl (C=O) groups is 1. The number of carboxylic acid groups (broad SMARTS) is 1. The van der Waals surface area contributed by atoms with Crippen LogP contribution in [-0.4, -0.2) is 40.4 Å². The van der Waals surface area contributed by atoms with Gasteiger partial charge in [0.1, 0.15) is 5.56 Å². The lowest BCUT2D eigenvalue weighted by Gasteiger charge is -2.35. The van der Waals surface area contributed by atoms with Crippen LogP contribution in [0.4, 0.5) is 11.4 Å². The van der Waals surface area contributed by atoms with Gasteiger partial charge in [0.15, 0.2) is 0 Å². The molecule has 1 aromatic heterocycles. The summed E-state index contributed by atoms with van der Waals surface area (Å²) in [4.78, 5) is 26.5. The van der Waals surface area contributed by atoms with E-state index >= 15 is 0 Å². The van der Waals surface area contributed by atoms with E-state index in [-0.39, 0.29) is 24.1 Å². The van der Waals surface area contributed by atoms with Crippen LogP contribution in [0.5, 0.6) is 0 Å². The van der Waals surface area contributed by atoms with Gasteiger partial charge in [-0.15, -0.1) is 0 Å². The lowest BCUT2D eigenvalue weighted by atomic mass is 9.96. The second kappa shape index (κ2) is 6.56. The predicted octanol–water partition coefficient (Wildman–Crippen LogP) is 2.13. The Bertz CT molecular complexity index is 978. The summed E-state index contributed by atoms with van der Waals surface area (Å²) in [5, 5.41) is 19.4. The van der Waals surface area contributed by atoms with Crippen LogP contribution in [0.2, 0.25) is 0 Å². The van der Waals surface area contributed by atoms with Crippen LogP contribution in [0.1, 0.15) is 47.6 Å². The normalized spacial score (nSPS) is 20.2. The fourth-order valence-corrected chi connectivity index (χ4v) is 4.37. The average Bonchev–Trinajstić information content (AvgIpc) is 3.47. The summed E-state index contributed by atoms with van der Waals surface area (Å²) in [6.07, 6.45) is 5.42. The smallest absolute Gasteiger partial charge is 0.341 e. The fraction of sp³-hybridized carbons (Fsp3) is 0.500. The summed E-state index contributed by atoms with van der Waals surface area (Å²) < 4.78 is 1.95. The van der Waals surface area contributed by atoms with Crippen LogP contribution in [0.25, 0.3) is 10.9 Å². The molecule has 0 bridgehead atoms. The van der Waals surface area contributed by atoms with Crippen molar-refractivity contribution >= 4 is 28.2 Å². The number of piperidine rings is 1. The van der Waals surface area contributed by atoms with Crippen molar-refractivity contribution in [2.45, 2.75) is 38.6 Å². The van der Waals surface area contributed by atoms with Gasteiger partial charge in [-0.05, 0) is 50.2 Å². The Balaban J connectivity index is 1.95. The molecule has 7 nitrogen and oxygen atoms in total. The molecule has 144 valence electrons. The maximum absolute atomic E-state index is 12.8. The Morgan fingerprint density at radius 3 is 2.70 bits per heavy atom. The Kier molecular flexibility index (Phi) is 4.34. The number of aryl methyl sites for hydroxylation is 1. The molecule has 1 saturated heterocycles. The number of hydrogen-bond donors (Lipinski definition) is 3. The molecule has 1 aliphatic heterocycles. The topological polar surface area (TPSA) is 109 Å². The summed E-state index contributed by atoms with van der Waals surface area (Å²) in [5.41, 5.74) is 8.72. The highest BCUT2D eigenvalue weighted by Crippen LogP contribution is 2.41. The minimum Gasteiger partial charge on any atom is -0.477 e. The number of nitrogens with zero attached hydrogens (tertiary/aromatic N) is 2. The third-order valence-electron chi connectivity index (χ3n) is 5.82. The molecule has 2 fully saturated rings. The van der Waals surface area contributed by atoms with E-state index in [4.69, 9.17) is 5.73 Å². The summed E-state index contributed by atoms with van der Waals surface area (Å²) in [6.45, 7) is 3.69. The van der Waals surface area contributed by atoms with Gasteiger partial charge in [0, 0.05) is 37.3 Å². The molecule has 2 aliphatic rings. The van der Waals surface area contributed by atoms with Crippen LogP contribution in [0, 0.1) is 12.8 Å². The van der Waals surface area contributed by atoms with E-state index in [0.29, 0.717) is 11.1 Å². The van der Waals surface area contributed by atoms with E-state index in [1.807, 2.05) is 11.5 Å². The van der Waals surface area contributed by atoms with Gasteiger partial charge in [-0.25, -0.2) is 4.79 Å². The molecule has 1 aromatic carbocycles. The first kappa shape index (κ1) is 17.9. The second-order valence-electron chi connectivity index (χ2n) is 7.79. The first-order valence-electron chi connectivity index (χ1n) is 9.49. The van der Waals surface area contributed by atoms with Gasteiger partial charge >= 0.3 is 5.97 Å². The molecule has 4 rings (SSSR count). The van der Waals surface area contributed by atoms with Crippen LogP contribution in [0.15, 0.2) is 17.1 Å². The number of aromatic nitrogens is 1. The van der Waals surface area contributed by atoms with Gasteiger partial charge in [-0.3, -0.25) is 4.79 Å². The molecule has 0 spiro atoms. The lowest BCUT2D eigenvalue weighted by Crippen LogP contribution is -2.37. The molecule has 27 heavy (non-hydrogen) atoms. The SMILES string of the molecule is Cc1c(N2CCCC(CO)C2)c(N)cc2c(=O)c(C(=O)O)cn(C3CC3)c12. The predicted molar refractivity (Wildman–Crippen MR) is 105 cm³/mol. The molecule has 1 saturated carbocycles. The highest BCUT2D eigenvalue weighted by Gasteiger charge is 2.30. The van der Waals surface area contributed by atoms with E-state index in [0.717, 1.165) is 55.5 Å². The minimum absolute atomic E-state index is 0.151. The van der Waals surface area contributed by atoms with Crippen LogP contribution in [0.3, 0.4) is 0 Å². The van der Waals surface area contributed by atoms with Crippen molar-refractivity contribution < 1.29 is 15.0 Å². The van der Waals surface area contributed by atoms with Crippen molar-refractivity contribution in [3.63, 3.8) is 0 Å². The second-order valence-corrected chi connectivity index (χ2v) is 7.79. The van der Waals surface area contributed by atoms with Gasteiger partial charge < -0.3 is 25.4 Å². The van der Waals surface area contributed by atoms with E-state index in [1.54, 1.807) is 6.07 Å². The number of aliphatic hydroxyl groups excluding tert-OH is 1. The van der Waals surface area contributed by atoms with E-state index in [9.17, 15) is 19.8 Å². The Hall–Kier alpha value is -2.54. The molecule has 1 atom stereocenters. The Labute approximate surface area is 157 Å². The number of anilines is 2. The number of nitrogens with two attached hydrogens (primary N) is 1. The van der Waals surface area contributed by atoms with Crippen molar-refractivity contribution in [2.24, 2.45) is 5.92 Å². The van der Waals surface area contributed by atoms with Gasteiger partial charge in [-0.1, -0.05) is 0 Å². The first-order valence-corrected chi connectivity index (χ1v) is 9.49. The molecule has 4 N–H and O–H groups in total. The molecule has 1 unspecified atom stereocenters. The minimum atomic E-state index is -1.21. The van der Waals surface area contributed by atoms with E-state index in [2.05, 4.69) is 4.90 Å². The Morgan fingerprint density at radius 2 is 2.07 bits per heavy atom. The first-order chi connectivity index (χ1) is 12.9. The van der Waals surface area contributed by atoms with Crippen molar-refractivity contribution in [1.29, 1.82) is 0 Å². The molecule has 0 radical (unpaired) electrons. The summed E-state index contributed by atoms with van der Waals surface area (Å²) >= 11 is 0. The summed E-state index contributed by atoms with van der Waals surface area (Å²) in [5.74, 6) is -0.994. The Morgan fingerprint density at radius 1 is 1.33 bits per heavy atom.